The zero-order valence-corrected chi connectivity index (χ0v) is 13.0. The van der Waals surface area contributed by atoms with Crippen molar-refractivity contribution < 1.29 is 4.42 Å². The van der Waals surface area contributed by atoms with Gasteiger partial charge in [0, 0.05) is 23.9 Å². The van der Waals surface area contributed by atoms with Crippen LogP contribution in [0, 0.1) is 5.92 Å². The summed E-state index contributed by atoms with van der Waals surface area (Å²) in [6.07, 6.45) is 4.67. The molecule has 20 heavy (non-hydrogen) atoms. The lowest BCUT2D eigenvalue weighted by Crippen LogP contribution is -2.20. The third-order valence-corrected chi connectivity index (χ3v) is 4.03. The number of aryl methyl sites for hydroxylation is 1. The zero-order valence-electron chi connectivity index (χ0n) is 13.0. The molecule has 0 aliphatic carbocycles. The van der Waals surface area contributed by atoms with Crippen LogP contribution in [0.4, 0.5) is 0 Å². The molecule has 2 aromatic rings. The smallest absolute Gasteiger partial charge is 0.134 e. The summed E-state index contributed by atoms with van der Waals surface area (Å²) in [7, 11) is 0. The molecule has 0 fully saturated rings. The number of fused-ring (bicyclic) bond motifs is 1. The minimum Gasteiger partial charge on any atom is -0.461 e. The van der Waals surface area contributed by atoms with E-state index in [1.165, 1.54) is 36.0 Å². The van der Waals surface area contributed by atoms with Crippen LogP contribution in [0.3, 0.4) is 0 Å². The van der Waals surface area contributed by atoms with Gasteiger partial charge in [-0.05, 0) is 24.9 Å². The Morgan fingerprint density at radius 3 is 2.75 bits per heavy atom. The quantitative estimate of drug-likeness (QED) is 0.739. The van der Waals surface area contributed by atoms with Crippen molar-refractivity contribution in [3.8, 4) is 0 Å². The van der Waals surface area contributed by atoms with E-state index in [-0.39, 0.29) is 0 Å². The average molecular weight is 273 g/mol. The van der Waals surface area contributed by atoms with Gasteiger partial charge in [-0.1, -0.05) is 51.8 Å². The van der Waals surface area contributed by atoms with Crippen LogP contribution in [-0.2, 0) is 13.0 Å². The number of unbranched alkanes of at least 4 members (excludes halogenated alkanes) is 1. The van der Waals surface area contributed by atoms with Crippen LogP contribution in [0.2, 0.25) is 0 Å². The molecular formula is C18H27NO. The van der Waals surface area contributed by atoms with Gasteiger partial charge < -0.3 is 9.73 Å². The predicted octanol–water partition coefficient (Wildman–Crippen LogP) is 4.91. The Kier molecular flexibility index (Phi) is 5.66. The maximum absolute atomic E-state index is 6.05. The summed E-state index contributed by atoms with van der Waals surface area (Å²) < 4.78 is 6.05. The molecule has 1 unspecified atom stereocenters. The highest BCUT2D eigenvalue weighted by molar-refractivity contribution is 5.82. The molecular weight excluding hydrogens is 246 g/mol. The van der Waals surface area contributed by atoms with Gasteiger partial charge in [-0.15, -0.1) is 0 Å². The molecule has 1 atom stereocenters. The van der Waals surface area contributed by atoms with E-state index >= 15 is 0 Å². The van der Waals surface area contributed by atoms with Crippen molar-refractivity contribution in [2.24, 2.45) is 5.92 Å². The van der Waals surface area contributed by atoms with E-state index < -0.39 is 0 Å². The molecule has 0 bridgehead atoms. The molecule has 1 aromatic carbocycles. The summed E-state index contributed by atoms with van der Waals surface area (Å²) in [6.45, 7) is 8.75. The first-order valence-corrected chi connectivity index (χ1v) is 7.96. The van der Waals surface area contributed by atoms with E-state index in [9.17, 15) is 0 Å². The lowest BCUT2D eigenvalue weighted by molar-refractivity contribution is 0.489. The molecule has 1 heterocycles. The van der Waals surface area contributed by atoms with Gasteiger partial charge in [0.1, 0.15) is 11.3 Å². The molecule has 2 nitrogen and oxygen atoms in total. The Labute approximate surface area is 122 Å². The molecule has 2 heteroatoms. The molecule has 0 spiro atoms. The third-order valence-electron chi connectivity index (χ3n) is 4.03. The second-order valence-corrected chi connectivity index (χ2v) is 5.75. The number of para-hydroxylation sites is 1. The summed E-state index contributed by atoms with van der Waals surface area (Å²) in [5.41, 5.74) is 2.39. The molecule has 0 saturated carbocycles. The molecule has 1 N–H and O–H groups in total. The van der Waals surface area contributed by atoms with Crippen molar-refractivity contribution in [1.82, 2.24) is 5.32 Å². The van der Waals surface area contributed by atoms with Gasteiger partial charge in [-0.3, -0.25) is 0 Å². The van der Waals surface area contributed by atoms with E-state index in [0.29, 0.717) is 0 Å². The first kappa shape index (κ1) is 15.1. The van der Waals surface area contributed by atoms with Crippen LogP contribution in [-0.4, -0.2) is 6.54 Å². The molecule has 0 aliphatic rings. The number of rotatable bonds is 8. The minimum atomic E-state index is 0.729. The summed E-state index contributed by atoms with van der Waals surface area (Å²) in [4.78, 5) is 0. The fraction of sp³-hybridized carbons (Fsp3) is 0.556. The normalized spacial score (nSPS) is 12.9. The number of furan rings is 1. The fourth-order valence-electron chi connectivity index (χ4n) is 2.47. The molecule has 0 saturated heterocycles. The SMILES string of the molecule is CCCCc1oc2ccccc2c1CNCC(C)CC. The maximum Gasteiger partial charge on any atom is 0.134 e. The van der Waals surface area contributed by atoms with Gasteiger partial charge in [0.25, 0.3) is 0 Å². The average Bonchev–Trinajstić information content (AvgIpc) is 2.83. The standard InChI is InChI=1S/C18H27NO/c1-4-6-10-18-16(13-19-12-14(3)5-2)15-9-7-8-11-17(15)20-18/h7-9,11,14,19H,4-6,10,12-13H2,1-3H3. The third kappa shape index (κ3) is 3.63. The number of nitrogens with one attached hydrogen (secondary N) is 1. The molecule has 0 radical (unpaired) electrons. The van der Waals surface area contributed by atoms with Crippen LogP contribution in [0.25, 0.3) is 11.0 Å². The summed E-state index contributed by atoms with van der Waals surface area (Å²) in [5, 5.41) is 4.86. The van der Waals surface area contributed by atoms with Crippen molar-refractivity contribution in [1.29, 1.82) is 0 Å². The summed E-state index contributed by atoms with van der Waals surface area (Å²) >= 11 is 0. The molecule has 0 aliphatic heterocycles. The van der Waals surface area contributed by atoms with Crippen molar-refractivity contribution in [3.63, 3.8) is 0 Å². The van der Waals surface area contributed by atoms with E-state index in [1.807, 2.05) is 6.07 Å². The van der Waals surface area contributed by atoms with Crippen molar-refractivity contribution in [2.75, 3.05) is 6.54 Å². The summed E-state index contributed by atoms with van der Waals surface area (Å²) in [5.74, 6) is 1.90. The summed E-state index contributed by atoms with van der Waals surface area (Å²) in [6, 6.07) is 8.39. The Bertz CT molecular complexity index is 529. The highest BCUT2D eigenvalue weighted by atomic mass is 16.3. The van der Waals surface area contributed by atoms with Gasteiger partial charge in [0.05, 0.1) is 0 Å². The number of benzene rings is 1. The van der Waals surface area contributed by atoms with E-state index in [1.54, 1.807) is 0 Å². The first-order chi connectivity index (χ1) is 9.76. The monoisotopic (exact) mass is 273 g/mol. The number of hydrogen-bond acceptors (Lipinski definition) is 2. The van der Waals surface area contributed by atoms with Crippen LogP contribution in [0.15, 0.2) is 28.7 Å². The van der Waals surface area contributed by atoms with Crippen LogP contribution in [0.1, 0.15) is 51.4 Å². The van der Waals surface area contributed by atoms with Gasteiger partial charge in [0.2, 0.25) is 0 Å². The van der Waals surface area contributed by atoms with Crippen molar-refractivity contribution >= 4 is 11.0 Å². The van der Waals surface area contributed by atoms with Gasteiger partial charge in [-0.25, -0.2) is 0 Å². The van der Waals surface area contributed by atoms with Crippen LogP contribution >= 0.6 is 0 Å². The Hall–Kier alpha value is -1.28. The largest absolute Gasteiger partial charge is 0.461 e. The highest BCUT2D eigenvalue weighted by Crippen LogP contribution is 2.27. The van der Waals surface area contributed by atoms with E-state index in [2.05, 4.69) is 44.3 Å². The van der Waals surface area contributed by atoms with E-state index in [4.69, 9.17) is 4.42 Å². The second kappa shape index (κ2) is 7.49. The Morgan fingerprint density at radius 1 is 1.20 bits per heavy atom. The van der Waals surface area contributed by atoms with Crippen molar-refractivity contribution in [3.05, 3.63) is 35.6 Å². The van der Waals surface area contributed by atoms with Crippen molar-refractivity contribution in [2.45, 2.75) is 53.0 Å². The van der Waals surface area contributed by atoms with E-state index in [0.717, 1.165) is 31.0 Å². The van der Waals surface area contributed by atoms with Gasteiger partial charge in [-0.2, -0.15) is 0 Å². The lowest BCUT2D eigenvalue weighted by Gasteiger charge is -2.10. The topological polar surface area (TPSA) is 25.2 Å². The minimum absolute atomic E-state index is 0.729. The molecule has 1 aromatic heterocycles. The Morgan fingerprint density at radius 2 is 2.00 bits per heavy atom. The van der Waals surface area contributed by atoms with Crippen LogP contribution < -0.4 is 5.32 Å². The lowest BCUT2D eigenvalue weighted by atomic mass is 10.1. The highest BCUT2D eigenvalue weighted by Gasteiger charge is 2.13. The molecule has 2 rings (SSSR count). The maximum atomic E-state index is 6.05. The van der Waals surface area contributed by atoms with Gasteiger partial charge in [0.15, 0.2) is 0 Å². The molecule has 0 amide bonds. The first-order valence-electron chi connectivity index (χ1n) is 7.96. The van der Waals surface area contributed by atoms with Gasteiger partial charge >= 0.3 is 0 Å². The van der Waals surface area contributed by atoms with Crippen LogP contribution in [0.5, 0.6) is 0 Å². The zero-order chi connectivity index (χ0) is 14.4. The fourth-order valence-corrected chi connectivity index (χ4v) is 2.47. The predicted molar refractivity (Wildman–Crippen MR) is 86.0 cm³/mol. The molecule has 110 valence electrons. The number of hydrogen-bond donors (Lipinski definition) is 1. The Balaban J connectivity index is 2.15. The second-order valence-electron chi connectivity index (χ2n) is 5.75.